The quantitative estimate of drug-likeness (QED) is 0.849. The van der Waals surface area contributed by atoms with Crippen LogP contribution >= 0.6 is 22.9 Å². The molecule has 1 amide bonds. The van der Waals surface area contributed by atoms with Crippen molar-refractivity contribution >= 4 is 45.6 Å². The van der Waals surface area contributed by atoms with Crippen molar-refractivity contribution < 1.29 is 14.3 Å². The van der Waals surface area contributed by atoms with E-state index in [4.69, 9.17) is 17.3 Å². The Morgan fingerprint density at radius 3 is 2.80 bits per heavy atom. The lowest BCUT2D eigenvalue weighted by Gasteiger charge is -2.07. The van der Waals surface area contributed by atoms with Gasteiger partial charge >= 0.3 is 5.97 Å². The smallest absolute Gasteiger partial charge is 0.339 e. The number of esters is 1. The zero-order valence-electron chi connectivity index (χ0n) is 10.3. The molecule has 104 valence electrons. The first kappa shape index (κ1) is 14.3. The Hall–Kier alpha value is -2.12. The van der Waals surface area contributed by atoms with Crippen LogP contribution in [0.5, 0.6) is 0 Å². The third-order valence-electron chi connectivity index (χ3n) is 2.38. The molecule has 6 nitrogen and oxygen atoms in total. The number of hydrogen-bond donors (Lipinski definition) is 2. The van der Waals surface area contributed by atoms with E-state index >= 15 is 0 Å². The molecule has 0 fully saturated rings. The molecule has 0 saturated heterocycles. The number of amides is 1. The van der Waals surface area contributed by atoms with Crippen LogP contribution in [0.2, 0.25) is 5.02 Å². The summed E-state index contributed by atoms with van der Waals surface area (Å²) in [6, 6.07) is 4.50. The molecule has 2 rings (SSSR count). The molecule has 0 saturated carbocycles. The number of carbonyl (C=O) groups is 2. The average molecular weight is 312 g/mol. The monoisotopic (exact) mass is 311 g/mol. The molecule has 0 aliphatic heterocycles. The van der Waals surface area contributed by atoms with Gasteiger partial charge in [0.15, 0.2) is 5.13 Å². The number of halogens is 1. The Morgan fingerprint density at radius 2 is 2.20 bits per heavy atom. The normalized spacial score (nSPS) is 10.1. The van der Waals surface area contributed by atoms with Crippen LogP contribution < -0.4 is 11.1 Å². The highest BCUT2D eigenvalue weighted by atomic mass is 35.5. The molecule has 1 heterocycles. The third-order valence-corrected chi connectivity index (χ3v) is 3.39. The number of nitrogen functional groups attached to an aromatic ring is 1. The minimum Gasteiger partial charge on any atom is -0.465 e. The maximum Gasteiger partial charge on any atom is 0.339 e. The van der Waals surface area contributed by atoms with Crippen LogP contribution in [0.4, 0.5) is 10.8 Å². The number of nitrogens with one attached hydrogen (secondary N) is 1. The summed E-state index contributed by atoms with van der Waals surface area (Å²) >= 11 is 7.05. The number of ether oxygens (including phenoxy) is 1. The zero-order chi connectivity index (χ0) is 14.7. The van der Waals surface area contributed by atoms with Crippen molar-refractivity contribution in [3.05, 3.63) is 39.9 Å². The van der Waals surface area contributed by atoms with Crippen molar-refractivity contribution in [3.8, 4) is 0 Å². The van der Waals surface area contributed by atoms with E-state index in [-0.39, 0.29) is 16.3 Å². The molecule has 0 aliphatic rings. The van der Waals surface area contributed by atoms with Gasteiger partial charge in [-0.15, -0.1) is 11.3 Å². The second kappa shape index (κ2) is 5.89. The van der Waals surface area contributed by atoms with E-state index in [9.17, 15) is 9.59 Å². The number of rotatable bonds is 3. The Balaban J connectivity index is 2.22. The minimum atomic E-state index is -0.580. The number of hydrogen-bond acceptors (Lipinski definition) is 6. The molecule has 0 aliphatic carbocycles. The summed E-state index contributed by atoms with van der Waals surface area (Å²) < 4.78 is 4.60. The largest absolute Gasteiger partial charge is 0.465 e. The summed E-state index contributed by atoms with van der Waals surface area (Å²) in [5, 5.41) is 4.70. The number of carbonyl (C=O) groups excluding carboxylic acids is 2. The number of nitrogens with two attached hydrogens (primary N) is 1. The number of anilines is 2. The number of nitrogens with zero attached hydrogens (tertiary/aromatic N) is 1. The summed E-state index contributed by atoms with van der Waals surface area (Å²) in [4.78, 5) is 27.3. The van der Waals surface area contributed by atoms with E-state index in [1.54, 1.807) is 11.4 Å². The fourth-order valence-electron chi connectivity index (χ4n) is 1.46. The Kier molecular flexibility index (Phi) is 4.21. The fraction of sp³-hybridized carbons (Fsp3) is 0.0833. The lowest BCUT2D eigenvalue weighted by atomic mass is 10.2. The highest BCUT2D eigenvalue weighted by Gasteiger charge is 2.14. The molecule has 0 atom stereocenters. The molecule has 20 heavy (non-hydrogen) atoms. The minimum absolute atomic E-state index is 0.171. The van der Waals surface area contributed by atoms with Gasteiger partial charge in [-0.05, 0) is 18.2 Å². The van der Waals surface area contributed by atoms with Gasteiger partial charge in [0.25, 0.3) is 5.91 Å². The molecule has 3 N–H and O–H groups in total. The predicted octanol–water partition coefficient (Wildman–Crippen LogP) is 2.42. The van der Waals surface area contributed by atoms with Crippen LogP contribution in [0.25, 0.3) is 0 Å². The number of methoxy groups -OCH3 is 1. The summed E-state index contributed by atoms with van der Waals surface area (Å²) in [5.41, 5.74) is 6.25. The summed E-state index contributed by atoms with van der Waals surface area (Å²) in [6.07, 6.45) is 0. The molecule has 0 radical (unpaired) electrons. The molecule has 2 aromatic rings. The van der Waals surface area contributed by atoms with E-state index in [1.165, 1.54) is 30.6 Å². The summed E-state index contributed by atoms with van der Waals surface area (Å²) in [5.74, 6) is -1.000. The predicted molar refractivity (Wildman–Crippen MR) is 77.3 cm³/mol. The Bertz CT molecular complexity index is 672. The van der Waals surface area contributed by atoms with E-state index in [0.717, 1.165) is 0 Å². The molecule has 8 heteroatoms. The van der Waals surface area contributed by atoms with Crippen molar-refractivity contribution in [2.24, 2.45) is 0 Å². The molecule has 0 unspecified atom stereocenters. The van der Waals surface area contributed by atoms with E-state index < -0.39 is 11.9 Å². The summed E-state index contributed by atoms with van der Waals surface area (Å²) in [7, 11) is 1.25. The highest BCUT2D eigenvalue weighted by Crippen LogP contribution is 2.22. The van der Waals surface area contributed by atoms with Gasteiger partial charge in [-0.1, -0.05) is 11.6 Å². The van der Waals surface area contributed by atoms with Crippen molar-refractivity contribution in [1.82, 2.24) is 4.98 Å². The van der Waals surface area contributed by atoms with Crippen LogP contribution in [0.1, 0.15) is 20.8 Å². The maximum absolute atomic E-state index is 11.9. The van der Waals surface area contributed by atoms with Crippen LogP contribution in [-0.2, 0) is 4.74 Å². The second-order valence-corrected chi connectivity index (χ2v) is 5.01. The first-order valence-corrected chi connectivity index (χ1v) is 6.67. The van der Waals surface area contributed by atoms with Gasteiger partial charge in [0.05, 0.1) is 17.7 Å². The molecule has 1 aromatic carbocycles. The molecule has 0 bridgehead atoms. The van der Waals surface area contributed by atoms with Gasteiger partial charge in [0, 0.05) is 11.1 Å². The topological polar surface area (TPSA) is 94.3 Å². The van der Waals surface area contributed by atoms with Crippen molar-refractivity contribution in [2.75, 3.05) is 18.2 Å². The van der Waals surface area contributed by atoms with E-state index in [1.807, 2.05) is 0 Å². The maximum atomic E-state index is 11.9. The lowest BCUT2D eigenvalue weighted by molar-refractivity contribution is 0.0600. The standard InChI is InChI=1S/C12H10ClN3O3S/c1-19-11(18)7-4-6(2-3-8(7)13)15-10(17)9-5-20-12(14)16-9/h2-5H,1H3,(H2,14,16)(H,15,17). The number of benzene rings is 1. The SMILES string of the molecule is COC(=O)c1cc(NC(=O)c2csc(N)n2)ccc1Cl. The van der Waals surface area contributed by atoms with Crippen LogP contribution in [0.3, 0.4) is 0 Å². The lowest BCUT2D eigenvalue weighted by Crippen LogP contribution is -2.13. The second-order valence-electron chi connectivity index (χ2n) is 3.71. The third kappa shape index (κ3) is 3.06. The first-order valence-electron chi connectivity index (χ1n) is 5.41. The molecular weight excluding hydrogens is 302 g/mol. The van der Waals surface area contributed by atoms with E-state index in [0.29, 0.717) is 10.8 Å². The highest BCUT2D eigenvalue weighted by molar-refractivity contribution is 7.13. The van der Waals surface area contributed by atoms with Gasteiger partial charge in [-0.3, -0.25) is 4.79 Å². The first-order chi connectivity index (χ1) is 9.51. The number of thiazole rings is 1. The fourth-order valence-corrected chi connectivity index (χ4v) is 2.19. The van der Waals surface area contributed by atoms with Gasteiger partial charge in [0.2, 0.25) is 0 Å². The molecule has 0 spiro atoms. The van der Waals surface area contributed by atoms with Crippen molar-refractivity contribution in [3.63, 3.8) is 0 Å². The average Bonchev–Trinajstić information content (AvgIpc) is 2.87. The van der Waals surface area contributed by atoms with Gasteiger partial charge in [-0.2, -0.15) is 0 Å². The van der Waals surface area contributed by atoms with Crippen LogP contribution in [0.15, 0.2) is 23.6 Å². The van der Waals surface area contributed by atoms with Crippen LogP contribution in [0, 0.1) is 0 Å². The zero-order valence-corrected chi connectivity index (χ0v) is 11.9. The van der Waals surface area contributed by atoms with Gasteiger partial charge in [0.1, 0.15) is 5.69 Å². The van der Waals surface area contributed by atoms with Crippen molar-refractivity contribution in [1.29, 1.82) is 0 Å². The molecule has 1 aromatic heterocycles. The Morgan fingerprint density at radius 1 is 1.45 bits per heavy atom. The van der Waals surface area contributed by atoms with Gasteiger partial charge in [-0.25, -0.2) is 9.78 Å². The van der Waals surface area contributed by atoms with Crippen molar-refractivity contribution in [2.45, 2.75) is 0 Å². The molecular formula is C12H10ClN3O3S. The van der Waals surface area contributed by atoms with Crippen LogP contribution in [-0.4, -0.2) is 24.0 Å². The summed E-state index contributed by atoms with van der Waals surface area (Å²) in [6.45, 7) is 0. The number of aromatic nitrogens is 1. The van der Waals surface area contributed by atoms with E-state index in [2.05, 4.69) is 15.0 Å². The Labute approximate surface area is 123 Å². The van der Waals surface area contributed by atoms with Gasteiger partial charge < -0.3 is 15.8 Å².